The number of halogens is 1. The lowest BCUT2D eigenvalue weighted by Crippen LogP contribution is -2.19. The molecule has 0 fully saturated rings. The Morgan fingerprint density at radius 2 is 1.72 bits per heavy atom. The molecule has 15 heteroatoms. The molecule has 5 rings (SSSR count). The van der Waals surface area contributed by atoms with E-state index in [4.69, 9.17) is 14.0 Å². The summed E-state index contributed by atoms with van der Waals surface area (Å²) in [6, 6.07) is 15.9. The Morgan fingerprint density at radius 3 is 2.35 bits per heavy atom. The largest absolute Gasteiger partial charge is 0.491 e. The molecule has 0 atom stereocenters. The molecule has 3 aromatic carbocycles. The van der Waals surface area contributed by atoms with Crippen LogP contribution in [-0.4, -0.2) is 64.2 Å². The monoisotopic (exact) mass is 651 g/mol. The molecule has 2 heterocycles. The highest BCUT2D eigenvalue weighted by atomic mass is 32.2. The standard InChI is InChI=1S/C24H26FN7O3.C7H8O3S/c1-15(2)21-12-32(31-30-21)13-22(33)28-16-4-6-17(7-5-16)29-24-23-19(25)10-18(35-9-8-34-3)11-20(23)26-14-27-24;1-6-2-4-7(5-3-6)11(8,9)10/h4-7,10-12,14-15H,8-9,13H2,1-3H3,(H,28,33)(H,26,27,29);2-5H,1H3,(H,8,9,10). The van der Waals surface area contributed by atoms with Crippen LogP contribution in [0.2, 0.25) is 0 Å². The van der Waals surface area contributed by atoms with Crippen LogP contribution in [0.5, 0.6) is 5.75 Å². The highest BCUT2D eigenvalue weighted by Gasteiger charge is 2.13. The van der Waals surface area contributed by atoms with E-state index < -0.39 is 15.9 Å². The van der Waals surface area contributed by atoms with Crippen molar-refractivity contribution in [2.24, 2.45) is 0 Å². The lowest BCUT2D eigenvalue weighted by molar-refractivity contribution is -0.116. The minimum Gasteiger partial charge on any atom is -0.491 e. The summed E-state index contributed by atoms with van der Waals surface area (Å²) in [5, 5.41) is 14.2. The van der Waals surface area contributed by atoms with E-state index in [9.17, 15) is 17.6 Å². The minimum absolute atomic E-state index is 0.0586. The number of anilines is 3. The summed E-state index contributed by atoms with van der Waals surface area (Å²) in [7, 11) is -2.45. The summed E-state index contributed by atoms with van der Waals surface area (Å²) in [4.78, 5) is 20.6. The fraction of sp³-hybridized carbons (Fsp3) is 0.258. The van der Waals surface area contributed by atoms with Crippen LogP contribution in [0.3, 0.4) is 0 Å². The van der Waals surface area contributed by atoms with Gasteiger partial charge in [0.05, 0.1) is 28.1 Å². The molecular formula is C31H34FN7O6S. The third-order valence-electron chi connectivity index (χ3n) is 6.42. The molecule has 242 valence electrons. The summed E-state index contributed by atoms with van der Waals surface area (Å²) in [6.07, 6.45) is 3.11. The number of nitrogens with one attached hydrogen (secondary N) is 2. The van der Waals surface area contributed by atoms with Gasteiger partial charge in [-0.1, -0.05) is 36.8 Å². The number of hydrogen-bond donors (Lipinski definition) is 3. The van der Waals surface area contributed by atoms with Crippen LogP contribution >= 0.6 is 0 Å². The van der Waals surface area contributed by atoms with E-state index in [1.807, 2.05) is 20.8 Å². The Morgan fingerprint density at radius 1 is 1.02 bits per heavy atom. The SMILES string of the molecule is COCCOc1cc(F)c2c(Nc3ccc(NC(=O)Cn4cc(C(C)C)nn4)cc3)ncnc2c1.Cc1ccc(S(=O)(=O)O)cc1. The second kappa shape index (κ2) is 15.3. The van der Waals surface area contributed by atoms with E-state index in [1.165, 1.54) is 29.2 Å². The summed E-state index contributed by atoms with van der Waals surface area (Å²) in [5.41, 5.74) is 3.48. The lowest BCUT2D eigenvalue weighted by atomic mass is 10.2. The predicted octanol–water partition coefficient (Wildman–Crippen LogP) is 5.13. The molecular weight excluding hydrogens is 617 g/mol. The van der Waals surface area contributed by atoms with Crippen LogP contribution in [-0.2, 0) is 26.2 Å². The smallest absolute Gasteiger partial charge is 0.294 e. The quantitative estimate of drug-likeness (QED) is 0.128. The average molecular weight is 652 g/mol. The zero-order valence-electron chi connectivity index (χ0n) is 25.6. The second-order valence-electron chi connectivity index (χ2n) is 10.4. The van der Waals surface area contributed by atoms with Gasteiger partial charge in [0.15, 0.2) is 0 Å². The third kappa shape index (κ3) is 9.50. The lowest BCUT2D eigenvalue weighted by Gasteiger charge is -2.12. The van der Waals surface area contributed by atoms with Gasteiger partial charge in [0.1, 0.15) is 36.9 Å². The topological polar surface area (TPSA) is 170 Å². The van der Waals surface area contributed by atoms with E-state index in [0.717, 1.165) is 11.3 Å². The van der Waals surface area contributed by atoms with Crippen molar-refractivity contribution in [1.29, 1.82) is 0 Å². The third-order valence-corrected chi connectivity index (χ3v) is 7.29. The number of carbonyl (C=O) groups excluding carboxylic acids is 1. The summed E-state index contributed by atoms with van der Waals surface area (Å²) in [5.74, 6) is 0.195. The zero-order valence-corrected chi connectivity index (χ0v) is 26.5. The van der Waals surface area contributed by atoms with Gasteiger partial charge in [-0.3, -0.25) is 9.35 Å². The van der Waals surface area contributed by atoms with Crippen molar-refractivity contribution in [3.63, 3.8) is 0 Å². The normalized spacial score (nSPS) is 11.2. The second-order valence-corrected chi connectivity index (χ2v) is 11.8. The Labute approximate surface area is 265 Å². The molecule has 5 aromatic rings. The maximum absolute atomic E-state index is 14.9. The van der Waals surface area contributed by atoms with Crippen molar-refractivity contribution in [3.8, 4) is 5.75 Å². The highest BCUT2D eigenvalue weighted by molar-refractivity contribution is 7.85. The first-order valence-electron chi connectivity index (χ1n) is 14.1. The summed E-state index contributed by atoms with van der Waals surface area (Å²) in [6.45, 7) is 6.62. The van der Waals surface area contributed by atoms with Gasteiger partial charge in [-0.25, -0.2) is 19.0 Å². The highest BCUT2D eigenvalue weighted by Crippen LogP contribution is 2.29. The van der Waals surface area contributed by atoms with Gasteiger partial charge in [-0.15, -0.1) is 5.10 Å². The van der Waals surface area contributed by atoms with Gasteiger partial charge in [0.2, 0.25) is 5.91 Å². The number of fused-ring (bicyclic) bond motifs is 1. The number of nitrogens with zero attached hydrogens (tertiary/aromatic N) is 5. The van der Waals surface area contributed by atoms with Crippen LogP contribution in [0.4, 0.5) is 21.6 Å². The molecule has 0 aliphatic carbocycles. The van der Waals surface area contributed by atoms with Crippen LogP contribution < -0.4 is 15.4 Å². The molecule has 0 saturated heterocycles. The maximum atomic E-state index is 14.9. The molecule has 0 saturated carbocycles. The van der Waals surface area contributed by atoms with Gasteiger partial charge in [0, 0.05) is 36.8 Å². The number of amides is 1. The first-order valence-corrected chi connectivity index (χ1v) is 15.5. The molecule has 0 aliphatic heterocycles. The number of methoxy groups -OCH3 is 1. The van der Waals surface area contributed by atoms with Crippen molar-refractivity contribution < 1.29 is 31.6 Å². The van der Waals surface area contributed by atoms with E-state index in [1.54, 1.807) is 55.8 Å². The maximum Gasteiger partial charge on any atom is 0.294 e. The van der Waals surface area contributed by atoms with Crippen LogP contribution in [0.1, 0.15) is 31.0 Å². The van der Waals surface area contributed by atoms with Crippen LogP contribution in [0, 0.1) is 12.7 Å². The van der Waals surface area contributed by atoms with Crippen molar-refractivity contribution in [2.75, 3.05) is 31.0 Å². The van der Waals surface area contributed by atoms with Gasteiger partial charge < -0.3 is 20.1 Å². The number of benzene rings is 3. The van der Waals surface area contributed by atoms with Crippen LogP contribution in [0.15, 0.2) is 78.1 Å². The first-order chi connectivity index (χ1) is 21.9. The molecule has 3 N–H and O–H groups in total. The Kier molecular flexibility index (Phi) is 11.3. The number of carbonyl (C=O) groups is 1. The molecule has 0 unspecified atom stereocenters. The summed E-state index contributed by atoms with van der Waals surface area (Å²) < 4.78 is 56.4. The molecule has 2 aromatic heterocycles. The molecule has 46 heavy (non-hydrogen) atoms. The fourth-order valence-corrected chi connectivity index (χ4v) is 4.51. The van der Waals surface area contributed by atoms with Gasteiger partial charge >= 0.3 is 0 Å². The van der Waals surface area contributed by atoms with Crippen molar-refractivity contribution in [3.05, 3.63) is 90.3 Å². The molecule has 0 spiro atoms. The van der Waals surface area contributed by atoms with Gasteiger partial charge in [0.25, 0.3) is 10.1 Å². The number of ether oxygens (including phenoxy) is 2. The summed E-state index contributed by atoms with van der Waals surface area (Å²) >= 11 is 0. The Hall–Kier alpha value is -4.99. The fourth-order valence-electron chi connectivity index (χ4n) is 4.03. The molecule has 13 nitrogen and oxygen atoms in total. The van der Waals surface area contributed by atoms with Crippen molar-refractivity contribution >= 4 is 44.1 Å². The van der Waals surface area contributed by atoms with Gasteiger partial charge in [-0.05, 0) is 49.2 Å². The number of aromatic nitrogens is 5. The Bertz CT molecular complexity index is 1880. The molecule has 0 bridgehead atoms. The molecule has 0 radical (unpaired) electrons. The Balaban J connectivity index is 0.000000369. The van der Waals surface area contributed by atoms with E-state index in [0.29, 0.717) is 41.7 Å². The number of rotatable bonds is 11. The molecule has 0 aliphatic rings. The van der Waals surface area contributed by atoms with Crippen LogP contribution in [0.25, 0.3) is 10.9 Å². The zero-order chi connectivity index (χ0) is 33.3. The van der Waals surface area contributed by atoms with Crippen molar-refractivity contribution in [1.82, 2.24) is 25.0 Å². The van der Waals surface area contributed by atoms with E-state index in [2.05, 4.69) is 30.9 Å². The number of hydrogen-bond acceptors (Lipinski definition) is 10. The van der Waals surface area contributed by atoms with E-state index >= 15 is 0 Å². The number of aryl methyl sites for hydroxylation is 1. The average Bonchev–Trinajstić information content (AvgIpc) is 3.47. The molecule has 1 amide bonds. The van der Waals surface area contributed by atoms with Gasteiger partial charge in [-0.2, -0.15) is 8.42 Å². The minimum atomic E-state index is -4.02. The van der Waals surface area contributed by atoms with Crippen molar-refractivity contribution in [2.45, 2.75) is 38.1 Å². The predicted molar refractivity (Wildman–Crippen MR) is 170 cm³/mol. The first kappa shape index (κ1) is 33.9. The van der Waals surface area contributed by atoms with E-state index in [-0.39, 0.29) is 28.7 Å².